The monoisotopic (exact) mass is 474 g/mol. The molecular formula is C30H26N4S. The summed E-state index contributed by atoms with van der Waals surface area (Å²) >= 11 is 5.90. The Bertz CT molecular complexity index is 1520. The van der Waals surface area contributed by atoms with Crippen LogP contribution in [0, 0.1) is 13.8 Å². The third-order valence-corrected chi connectivity index (χ3v) is 7.24. The fourth-order valence-corrected chi connectivity index (χ4v) is 5.74. The second-order valence-corrected chi connectivity index (χ2v) is 9.38. The van der Waals surface area contributed by atoms with Crippen molar-refractivity contribution in [3.63, 3.8) is 0 Å². The minimum absolute atomic E-state index is 0.0327. The van der Waals surface area contributed by atoms with Gasteiger partial charge in [0, 0.05) is 28.7 Å². The number of nitrogens with one attached hydrogen (secondary N) is 1. The lowest BCUT2D eigenvalue weighted by molar-refractivity contribution is 0.565. The molecule has 1 aliphatic heterocycles. The lowest BCUT2D eigenvalue weighted by Gasteiger charge is -2.28. The van der Waals surface area contributed by atoms with Gasteiger partial charge in [-0.1, -0.05) is 60.7 Å². The molecule has 1 N–H and O–H groups in total. The molecule has 0 bridgehead atoms. The molecule has 2 atom stereocenters. The number of fused-ring (bicyclic) bond motifs is 1. The van der Waals surface area contributed by atoms with Gasteiger partial charge in [-0.05, 0) is 73.4 Å². The molecule has 172 valence electrons. The van der Waals surface area contributed by atoms with E-state index in [0.29, 0.717) is 5.11 Å². The Morgan fingerprint density at radius 2 is 1.57 bits per heavy atom. The first-order valence-electron chi connectivity index (χ1n) is 11.9. The van der Waals surface area contributed by atoms with E-state index in [1.807, 2.05) is 24.4 Å². The van der Waals surface area contributed by atoms with E-state index in [1.165, 1.54) is 33.4 Å². The van der Waals surface area contributed by atoms with Gasteiger partial charge in [0.25, 0.3) is 0 Å². The molecule has 1 saturated heterocycles. The van der Waals surface area contributed by atoms with Crippen molar-refractivity contribution in [3.05, 3.63) is 126 Å². The molecule has 0 saturated carbocycles. The van der Waals surface area contributed by atoms with Gasteiger partial charge in [-0.3, -0.25) is 4.98 Å². The summed E-state index contributed by atoms with van der Waals surface area (Å²) < 4.78 is 2.37. The number of anilines is 1. The maximum atomic E-state index is 5.90. The van der Waals surface area contributed by atoms with E-state index >= 15 is 0 Å². The number of aryl methyl sites for hydroxylation is 1. The van der Waals surface area contributed by atoms with Gasteiger partial charge in [0.1, 0.15) is 0 Å². The van der Waals surface area contributed by atoms with Crippen molar-refractivity contribution in [2.75, 3.05) is 4.90 Å². The fourth-order valence-electron chi connectivity index (χ4n) is 5.40. The second kappa shape index (κ2) is 8.67. The molecule has 4 nitrogen and oxygen atoms in total. The number of rotatable bonds is 4. The number of nitrogens with zero attached hydrogens (tertiary/aromatic N) is 3. The zero-order valence-corrected chi connectivity index (χ0v) is 20.5. The first-order chi connectivity index (χ1) is 17.1. The Kier molecular flexibility index (Phi) is 5.34. The maximum Gasteiger partial charge on any atom is 0.174 e. The Morgan fingerprint density at radius 3 is 2.37 bits per heavy atom. The van der Waals surface area contributed by atoms with Crippen molar-refractivity contribution < 1.29 is 0 Å². The van der Waals surface area contributed by atoms with Crippen LogP contribution >= 0.6 is 12.2 Å². The number of hydrogen-bond acceptors (Lipinski definition) is 2. The van der Waals surface area contributed by atoms with Crippen LogP contribution in [0.1, 0.15) is 34.7 Å². The number of thiocarbonyl (C=S) groups is 1. The molecular weight excluding hydrogens is 448 g/mol. The minimum atomic E-state index is -0.0645. The predicted octanol–water partition coefficient (Wildman–Crippen LogP) is 6.82. The molecule has 3 heterocycles. The number of aromatic nitrogens is 2. The first kappa shape index (κ1) is 21.6. The number of benzene rings is 3. The van der Waals surface area contributed by atoms with Crippen LogP contribution in [0.25, 0.3) is 16.5 Å². The van der Waals surface area contributed by atoms with E-state index < -0.39 is 0 Å². The van der Waals surface area contributed by atoms with Crippen LogP contribution in [0.4, 0.5) is 5.69 Å². The fraction of sp³-hybridized carbons (Fsp3) is 0.133. The average Bonchev–Trinajstić information content (AvgIpc) is 3.39. The standard InChI is InChI=1S/C30H26N4S/c1-20-19-25(21(2)33(20)27-17-10-12-22-11-6-7-15-24(22)27)29-28(26-16-8-9-18-31-26)32-30(35)34(29)23-13-4-3-5-14-23/h3-19,28-29H,1-2H3,(H,32,35)/t28-,29-/m0/s1. The van der Waals surface area contributed by atoms with Gasteiger partial charge in [-0.15, -0.1) is 0 Å². The second-order valence-electron chi connectivity index (χ2n) is 8.99. The summed E-state index contributed by atoms with van der Waals surface area (Å²) in [6.45, 7) is 4.39. The molecule has 0 radical (unpaired) electrons. The van der Waals surface area contributed by atoms with Crippen LogP contribution < -0.4 is 10.2 Å². The summed E-state index contributed by atoms with van der Waals surface area (Å²) in [4.78, 5) is 6.94. The SMILES string of the molecule is Cc1cc([C@H]2[C@H](c3ccccn3)NC(=S)N2c2ccccc2)c(C)n1-c1cccc2ccccc12. The van der Waals surface area contributed by atoms with Crippen LogP contribution in [0.5, 0.6) is 0 Å². The highest BCUT2D eigenvalue weighted by Crippen LogP contribution is 2.44. The molecule has 1 aliphatic rings. The van der Waals surface area contributed by atoms with E-state index in [0.717, 1.165) is 11.4 Å². The van der Waals surface area contributed by atoms with Crippen LogP contribution in [-0.4, -0.2) is 14.7 Å². The smallest absolute Gasteiger partial charge is 0.174 e. The van der Waals surface area contributed by atoms with Crippen molar-refractivity contribution in [2.45, 2.75) is 25.9 Å². The van der Waals surface area contributed by atoms with Gasteiger partial charge in [0.2, 0.25) is 0 Å². The van der Waals surface area contributed by atoms with Crippen molar-refractivity contribution in [2.24, 2.45) is 0 Å². The summed E-state index contributed by atoms with van der Waals surface area (Å²) in [5.41, 5.74) is 6.88. The normalized spacial score (nSPS) is 17.7. The molecule has 5 heteroatoms. The zero-order valence-electron chi connectivity index (χ0n) is 19.7. The third kappa shape index (κ3) is 3.60. The topological polar surface area (TPSA) is 33.1 Å². The first-order valence-corrected chi connectivity index (χ1v) is 12.3. The molecule has 6 rings (SSSR count). The van der Waals surface area contributed by atoms with Crippen molar-refractivity contribution >= 4 is 33.8 Å². The van der Waals surface area contributed by atoms with Crippen molar-refractivity contribution in [3.8, 4) is 5.69 Å². The Morgan fingerprint density at radius 1 is 0.829 bits per heavy atom. The molecule has 1 fully saturated rings. The molecule has 35 heavy (non-hydrogen) atoms. The largest absolute Gasteiger partial charge is 0.351 e. The maximum absolute atomic E-state index is 5.90. The van der Waals surface area contributed by atoms with E-state index in [9.17, 15) is 0 Å². The summed E-state index contributed by atoms with van der Waals surface area (Å²) in [6.07, 6.45) is 1.85. The summed E-state index contributed by atoms with van der Waals surface area (Å²) in [7, 11) is 0. The van der Waals surface area contributed by atoms with Gasteiger partial charge < -0.3 is 14.8 Å². The number of pyridine rings is 1. The van der Waals surface area contributed by atoms with Crippen molar-refractivity contribution in [1.29, 1.82) is 0 Å². The average molecular weight is 475 g/mol. The lowest BCUT2D eigenvalue weighted by atomic mass is 9.96. The number of hydrogen-bond donors (Lipinski definition) is 1. The predicted molar refractivity (Wildman–Crippen MR) is 147 cm³/mol. The van der Waals surface area contributed by atoms with E-state index in [4.69, 9.17) is 17.2 Å². The Labute approximate surface area is 210 Å². The quantitative estimate of drug-likeness (QED) is 0.290. The van der Waals surface area contributed by atoms with Gasteiger partial charge in [0.05, 0.1) is 23.5 Å². The number of para-hydroxylation sites is 1. The van der Waals surface area contributed by atoms with Crippen LogP contribution in [-0.2, 0) is 0 Å². The molecule has 0 unspecified atom stereocenters. The highest BCUT2D eigenvalue weighted by Gasteiger charge is 2.42. The van der Waals surface area contributed by atoms with Crippen LogP contribution in [0.15, 0.2) is 103 Å². The Hall–Kier alpha value is -3.96. The van der Waals surface area contributed by atoms with Crippen molar-refractivity contribution in [1.82, 2.24) is 14.9 Å². The zero-order chi connectivity index (χ0) is 23.9. The van der Waals surface area contributed by atoms with Gasteiger partial charge in [-0.25, -0.2) is 0 Å². The Balaban J connectivity index is 1.55. The molecule has 2 aromatic heterocycles. The summed E-state index contributed by atoms with van der Waals surface area (Å²) in [5.74, 6) is 0. The van der Waals surface area contributed by atoms with E-state index in [-0.39, 0.29) is 12.1 Å². The molecule has 0 amide bonds. The summed E-state index contributed by atoms with van der Waals surface area (Å²) in [5, 5.41) is 6.77. The van der Waals surface area contributed by atoms with Gasteiger partial charge in [0.15, 0.2) is 5.11 Å². The van der Waals surface area contributed by atoms with Gasteiger partial charge in [-0.2, -0.15) is 0 Å². The van der Waals surface area contributed by atoms with Crippen LogP contribution in [0.2, 0.25) is 0 Å². The highest BCUT2D eigenvalue weighted by atomic mass is 32.1. The van der Waals surface area contributed by atoms with E-state index in [1.54, 1.807) is 0 Å². The molecule has 0 aliphatic carbocycles. The lowest BCUT2D eigenvalue weighted by Crippen LogP contribution is -2.29. The van der Waals surface area contributed by atoms with Gasteiger partial charge >= 0.3 is 0 Å². The van der Waals surface area contributed by atoms with Crippen LogP contribution in [0.3, 0.4) is 0 Å². The van der Waals surface area contributed by atoms with E-state index in [2.05, 4.69) is 107 Å². The third-order valence-electron chi connectivity index (χ3n) is 6.93. The molecule has 3 aromatic carbocycles. The highest BCUT2D eigenvalue weighted by molar-refractivity contribution is 7.80. The summed E-state index contributed by atoms with van der Waals surface area (Å²) in [6, 6.07) is 33.7. The molecule has 0 spiro atoms. The molecule has 5 aromatic rings. The minimum Gasteiger partial charge on any atom is -0.351 e.